The maximum absolute atomic E-state index is 11.2. The molecule has 0 aliphatic carbocycles. The first-order valence-corrected chi connectivity index (χ1v) is 5.51. The lowest BCUT2D eigenvalue weighted by Gasteiger charge is -2.20. The average molecular weight is 236 g/mol. The molecule has 2 rings (SSSR count). The number of carbonyl (C=O) groups excluding carboxylic acids is 1. The molecule has 5 heteroatoms. The van der Waals surface area contributed by atoms with E-state index >= 15 is 0 Å². The molecule has 1 aliphatic rings. The molecule has 0 saturated heterocycles. The molecular formula is C12H16N2O3. The molecule has 0 spiro atoms. The van der Waals surface area contributed by atoms with Crippen molar-refractivity contribution < 1.29 is 14.3 Å². The minimum Gasteiger partial charge on any atom is -0.482 e. The van der Waals surface area contributed by atoms with Crippen LogP contribution in [0.4, 0.5) is 11.4 Å². The Morgan fingerprint density at radius 3 is 3.18 bits per heavy atom. The van der Waals surface area contributed by atoms with Crippen molar-refractivity contribution in [2.75, 3.05) is 31.0 Å². The Balaban J connectivity index is 2.10. The van der Waals surface area contributed by atoms with Gasteiger partial charge >= 0.3 is 0 Å². The van der Waals surface area contributed by atoms with Crippen molar-refractivity contribution in [2.24, 2.45) is 0 Å². The lowest BCUT2D eigenvalue weighted by atomic mass is 10.2. The number of methoxy groups -OCH3 is 1. The van der Waals surface area contributed by atoms with Crippen LogP contribution in [0.2, 0.25) is 0 Å². The van der Waals surface area contributed by atoms with Gasteiger partial charge in [-0.05, 0) is 25.1 Å². The summed E-state index contributed by atoms with van der Waals surface area (Å²) in [5.41, 5.74) is 1.63. The van der Waals surface area contributed by atoms with E-state index < -0.39 is 0 Å². The van der Waals surface area contributed by atoms with Gasteiger partial charge in [0.25, 0.3) is 5.91 Å². The molecule has 1 atom stereocenters. The normalized spacial score (nSPS) is 15.5. The molecule has 92 valence electrons. The summed E-state index contributed by atoms with van der Waals surface area (Å²) >= 11 is 0. The summed E-state index contributed by atoms with van der Waals surface area (Å²) in [5, 5.41) is 6.05. The minimum atomic E-state index is -0.125. The standard InChI is InChI=1S/C12H16N2O3/c1-8(6-16-2)13-9-3-4-11-10(5-9)14-12(15)7-17-11/h3-5,8,13H,6-7H2,1-2H3,(H,14,15). The number of hydrogen-bond donors (Lipinski definition) is 2. The quantitative estimate of drug-likeness (QED) is 0.831. The van der Waals surface area contributed by atoms with Gasteiger partial charge in [0.15, 0.2) is 6.61 Å². The Kier molecular flexibility index (Phi) is 3.49. The van der Waals surface area contributed by atoms with Gasteiger partial charge in [-0.25, -0.2) is 0 Å². The number of hydrogen-bond acceptors (Lipinski definition) is 4. The van der Waals surface area contributed by atoms with Crippen LogP contribution in [0.1, 0.15) is 6.92 Å². The molecule has 1 aromatic rings. The minimum absolute atomic E-state index is 0.0832. The highest BCUT2D eigenvalue weighted by atomic mass is 16.5. The second-order valence-corrected chi connectivity index (χ2v) is 4.05. The molecule has 1 amide bonds. The van der Waals surface area contributed by atoms with Gasteiger partial charge in [0.1, 0.15) is 5.75 Å². The molecule has 0 radical (unpaired) electrons. The third-order valence-corrected chi connectivity index (χ3v) is 2.44. The van der Waals surface area contributed by atoms with Crippen LogP contribution in [-0.2, 0) is 9.53 Å². The number of amides is 1. The summed E-state index contributed by atoms with van der Waals surface area (Å²) in [6.45, 7) is 2.73. The van der Waals surface area contributed by atoms with E-state index in [1.54, 1.807) is 7.11 Å². The number of nitrogens with one attached hydrogen (secondary N) is 2. The predicted molar refractivity (Wildman–Crippen MR) is 65.5 cm³/mol. The summed E-state index contributed by atoms with van der Waals surface area (Å²) in [4.78, 5) is 11.2. The van der Waals surface area contributed by atoms with Crippen molar-refractivity contribution in [3.63, 3.8) is 0 Å². The fourth-order valence-electron chi connectivity index (χ4n) is 1.75. The van der Waals surface area contributed by atoms with Crippen LogP contribution in [0, 0.1) is 0 Å². The maximum Gasteiger partial charge on any atom is 0.262 e. The molecule has 17 heavy (non-hydrogen) atoms. The summed E-state index contributed by atoms with van der Waals surface area (Å²) < 4.78 is 10.3. The summed E-state index contributed by atoms with van der Waals surface area (Å²) in [7, 11) is 1.67. The number of ether oxygens (including phenoxy) is 2. The number of fused-ring (bicyclic) bond motifs is 1. The highest BCUT2D eigenvalue weighted by molar-refractivity contribution is 5.96. The molecule has 1 heterocycles. The smallest absolute Gasteiger partial charge is 0.262 e. The van der Waals surface area contributed by atoms with Gasteiger partial charge in [-0.3, -0.25) is 4.79 Å². The second kappa shape index (κ2) is 5.05. The first kappa shape index (κ1) is 11.7. The van der Waals surface area contributed by atoms with Crippen molar-refractivity contribution in [3.05, 3.63) is 18.2 Å². The van der Waals surface area contributed by atoms with Crippen molar-refractivity contribution in [1.82, 2.24) is 0 Å². The SMILES string of the molecule is COCC(C)Nc1ccc2c(c1)NC(=O)CO2. The molecule has 5 nitrogen and oxygen atoms in total. The third-order valence-electron chi connectivity index (χ3n) is 2.44. The average Bonchev–Trinajstić information content (AvgIpc) is 2.28. The Hall–Kier alpha value is -1.75. The van der Waals surface area contributed by atoms with Crippen LogP contribution in [0.25, 0.3) is 0 Å². The van der Waals surface area contributed by atoms with Crippen molar-refractivity contribution in [3.8, 4) is 5.75 Å². The van der Waals surface area contributed by atoms with Crippen LogP contribution in [0.3, 0.4) is 0 Å². The predicted octanol–water partition coefficient (Wildman–Crippen LogP) is 1.46. The second-order valence-electron chi connectivity index (χ2n) is 4.05. The maximum atomic E-state index is 11.2. The monoisotopic (exact) mass is 236 g/mol. The molecule has 1 aliphatic heterocycles. The fraction of sp³-hybridized carbons (Fsp3) is 0.417. The van der Waals surface area contributed by atoms with E-state index in [0.717, 1.165) is 5.69 Å². The highest BCUT2D eigenvalue weighted by Gasteiger charge is 2.16. The zero-order chi connectivity index (χ0) is 12.3. The van der Waals surface area contributed by atoms with E-state index in [1.165, 1.54) is 0 Å². The Morgan fingerprint density at radius 1 is 1.59 bits per heavy atom. The van der Waals surface area contributed by atoms with Gasteiger partial charge in [-0.15, -0.1) is 0 Å². The lowest BCUT2D eigenvalue weighted by molar-refractivity contribution is -0.118. The van der Waals surface area contributed by atoms with Gasteiger partial charge in [0.2, 0.25) is 0 Å². The van der Waals surface area contributed by atoms with E-state index in [1.807, 2.05) is 25.1 Å². The molecule has 0 aromatic heterocycles. The zero-order valence-electron chi connectivity index (χ0n) is 9.95. The summed E-state index contributed by atoms with van der Waals surface area (Å²) in [6, 6.07) is 5.83. The van der Waals surface area contributed by atoms with Gasteiger partial charge in [-0.2, -0.15) is 0 Å². The van der Waals surface area contributed by atoms with E-state index in [2.05, 4.69) is 10.6 Å². The van der Waals surface area contributed by atoms with Crippen LogP contribution >= 0.6 is 0 Å². The number of rotatable bonds is 4. The number of anilines is 2. The van der Waals surface area contributed by atoms with Crippen molar-refractivity contribution >= 4 is 17.3 Å². The molecular weight excluding hydrogens is 220 g/mol. The van der Waals surface area contributed by atoms with Gasteiger partial charge in [-0.1, -0.05) is 0 Å². The molecule has 0 bridgehead atoms. The Morgan fingerprint density at radius 2 is 2.41 bits per heavy atom. The lowest BCUT2D eigenvalue weighted by Crippen LogP contribution is -2.26. The number of carbonyl (C=O) groups is 1. The first-order chi connectivity index (χ1) is 8.19. The van der Waals surface area contributed by atoms with Crippen LogP contribution in [-0.4, -0.2) is 32.3 Å². The third kappa shape index (κ3) is 2.88. The molecule has 2 N–H and O–H groups in total. The van der Waals surface area contributed by atoms with Gasteiger partial charge in [0, 0.05) is 18.8 Å². The van der Waals surface area contributed by atoms with Gasteiger partial charge < -0.3 is 20.1 Å². The number of benzene rings is 1. The van der Waals surface area contributed by atoms with Crippen LogP contribution in [0.5, 0.6) is 5.75 Å². The van der Waals surface area contributed by atoms with E-state index in [0.29, 0.717) is 18.0 Å². The van der Waals surface area contributed by atoms with Crippen molar-refractivity contribution in [1.29, 1.82) is 0 Å². The summed E-state index contributed by atoms with van der Waals surface area (Å²) in [6.07, 6.45) is 0. The molecule has 0 saturated carbocycles. The topological polar surface area (TPSA) is 59.6 Å². The largest absolute Gasteiger partial charge is 0.482 e. The molecule has 0 fully saturated rings. The van der Waals surface area contributed by atoms with Crippen LogP contribution in [0.15, 0.2) is 18.2 Å². The Bertz CT molecular complexity index is 420. The van der Waals surface area contributed by atoms with Gasteiger partial charge in [0.05, 0.1) is 12.3 Å². The van der Waals surface area contributed by atoms with E-state index in [4.69, 9.17) is 9.47 Å². The zero-order valence-corrected chi connectivity index (χ0v) is 9.95. The van der Waals surface area contributed by atoms with Crippen molar-refractivity contribution in [2.45, 2.75) is 13.0 Å². The van der Waals surface area contributed by atoms with E-state index in [-0.39, 0.29) is 18.6 Å². The summed E-state index contributed by atoms with van der Waals surface area (Å²) in [5.74, 6) is 0.578. The fourth-order valence-corrected chi connectivity index (χ4v) is 1.75. The highest BCUT2D eigenvalue weighted by Crippen LogP contribution is 2.30. The molecule has 1 aromatic carbocycles. The first-order valence-electron chi connectivity index (χ1n) is 5.51. The van der Waals surface area contributed by atoms with E-state index in [9.17, 15) is 4.79 Å². The molecule has 1 unspecified atom stereocenters. The Labute approximate surface area is 100 Å². The van der Waals surface area contributed by atoms with Crippen LogP contribution < -0.4 is 15.4 Å².